The van der Waals surface area contributed by atoms with Crippen LogP contribution in [0.1, 0.15) is 11.1 Å². The van der Waals surface area contributed by atoms with Gasteiger partial charge in [-0.25, -0.2) is 6.57 Å². The molecule has 0 aliphatic heterocycles. The van der Waals surface area contributed by atoms with Crippen LogP contribution in [0.15, 0.2) is 24.3 Å². The molecule has 0 atom stereocenters. The van der Waals surface area contributed by atoms with Crippen LogP contribution in [0.4, 0.5) is 13.2 Å². The van der Waals surface area contributed by atoms with Crippen LogP contribution in [0, 0.1) is 6.57 Å². The van der Waals surface area contributed by atoms with Crippen LogP contribution in [0.25, 0.3) is 4.85 Å². The van der Waals surface area contributed by atoms with E-state index in [4.69, 9.17) is 6.57 Å². The summed E-state index contributed by atoms with van der Waals surface area (Å²) < 4.78 is 35.8. The first kappa shape index (κ1) is 10.6. The van der Waals surface area contributed by atoms with Crippen molar-refractivity contribution in [2.24, 2.45) is 0 Å². The molecule has 0 N–H and O–H groups in total. The van der Waals surface area contributed by atoms with Gasteiger partial charge >= 0.3 is 6.18 Å². The van der Waals surface area contributed by atoms with Crippen molar-refractivity contribution in [3.63, 3.8) is 0 Å². The van der Waals surface area contributed by atoms with Gasteiger partial charge in [0.15, 0.2) is 0 Å². The first-order chi connectivity index (χ1) is 6.51. The number of hydrogen-bond acceptors (Lipinski definition) is 0. The third kappa shape index (κ3) is 3.48. The summed E-state index contributed by atoms with van der Waals surface area (Å²) >= 11 is 0. The quantitative estimate of drug-likeness (QED) is 0.644. The third-order valence-electron chi connectivity index (χ3n) is 1.69. The minimum atomic E-state index is -4.17. The van der Waals surface area contributed by atoms with E-state index in [2.05, 4.69) is 4.85 Å². The van der Waals surface area contributed by atoms with Crippen molar-refractivity contribution in [2.45, 2.75) is 19.1 Å². The molecule has 0 aliphatic rings. The first-order valence-electron chi connectivity index (χ1n) is 3.99. The highest BCUT2D eigenvalue weighted by Crippen LogP contribution is 2.21. The molecule has 74 valence electrons. The SMILES string of the molecule is [C-]#[N+]Cc1ccc(CC(F)(F)F)cc1. The van der Waals surface area contributed by atoms with Crippen molar-refractivity contribution in [2.75, 3.05) is 0 Å². The Balaban J connectivity index is 2.70. The van der Waals surface area contributed by atoms with E-state index in [0.717, 1.165) is 5.56 Å². The topological polar surface area (TPSA) is 4.36 Å². The molecule has 0 fully saturated rings. The number of benzene rings is 1. The molecule has 0 saturated heterocycles. The molecule has 0 aromatic heterocycles. The Morgan fingerprint density at radius 1 is 1.07 bits per heavy atom. The molecule has 14 heavy (non-hydrogen) atoms. The molecule has 1 aromatic carbocycles. The number of halogens is 3. The zero-order chi connectivity index (χ0) is 10.6. The average Bonchev–Trinajstić information content (AvgIpc) is 2.06. The number of nitrogens with zero attached hydrogens (tertiary/aromatic N) is 1. The van der Waals surface area contributed by atoms with Gasteiger partial charge in [-0.2, -0.15) is 13.2 Å². The highest BCUT2D eigenvalue weighted by Gasteiger charge is 2.27. The Bertz CT molecular complexity index is 332. The summed E-state index contributed by atoms with van der Waals surface area (Å²) in [5.41, 5.74) is 0.970. The lowest BCUT2D eigenvalue weighted by Crippen LogP contribution is -2.11. The van der Waals surface area contributed by atoms with Gasteiger partial charge in [0.2, 0.25) is 6.54 Å². The van der Waals surface area contributed by atoms with Crippen molar-refractivity contribution < 1.29 is 13.2 Å². The summed E-state index contributed by atoms with van der Waals surface area (Å²) in [5.74, 6) is 0. The van der Waals surface area contributed by atoms with E-state index in [1.54, 1.807) is 12.1 Å². The predicted molar refractivity (Wildman–Crippen MR) is 46.5 cm³/mol. The zero-order valence-electron chi connectivity index (χ0n) is 7.30. The molecule has 1 rings (SSSR count). The first-order valence-corrected chi connectivity index (χ1v) is 3.99. The van der Waals surface area contributed by atoms with Crippen LogP contribution in [0.2, 0.25) is 0 Å². The Morgan fingerprint density at radius 2 is 1.57 bits per heavy atom. The van der Waals surface area contributed by atoms with Crippen molar-refractivity contribution in [3.8, 4) is 0 Å². The van der Waals surface area contributed by atoms with E-state index >= 15 is 0 Å². The molecule has 0 bridgehead atoms. The third-order valence-corrected chi connectivity index (χ3v) is 1.69. The van der Waals surface area contributed by atoms with Crippen molar-refractivity contribution in [1.82, 2.24) is 0 Å². The van der Waals surface area contributed by atoms with Gasteiger partial charge in [0.25, 0.3) is 0 Å². The van der Waals surface area contributed by atoms with E-state index in [1.165, 1.54) is 12.1 Å². The monoisotopic (exact) mass is 199 g/mol. The van der Waals surface area contributed by atoms with Crippen LogP contribution in [0.3, 0.4) is 0 Å². The van der Waals surface area contributed by atoms with Crippen molar-refractivity contribution in [1.29, 1.82) is 0 Å². The molecule has 0 heterocycles. The van der Waals surface area contributed by atoms with E-state index in [1.807, 2.05) is 0 Å². The van der Waals surface area contributed by atoms with E-state index < -0.39 is 12.6 Å². The molecule has 0 amide bonds. The fourth-order valence-corrected chi connectivity index (χ4v) is 1.09. The van der Waals surface area contributed by atoms with Crippen molar-refractivity contribution in [3.05, 3.63) is 46.8 Å². The summed E-state index contributed by atoms with van der Waals surface area (Å²) in [5, 5.41) is 0. The lowest BCUT2D eigenvalue weighted by molar-refractivity contribution is -0.127. The molecule has 0 aliphatic carbocycles. The molecular formula is C10H8F3N. The molecular weight excluding hydrogens is 191 g/mol. The summed E-state index contributed by atoms with van der Waals surface area (Å²) in [6.07, 6.45) is -5.08. The molecule has 0 saturated carbocycles. The van der Waals surface area contributed by atoms with Gasteiger partial charge in [0.05, 0.1) is 6.42 Å². The van der Waals surface area contributed by atoms with Gasteiger partial charge in [-0.05, 0) is 5.56 Å². The maximum Gasteiger partial charge on any atom is 0.393 e. The lowest BCUT2D eigenvalue weighted by Gasteiger charge is -2.05. The Hall–Kier alpha value is -1.50. The minimum absolute atomic E-state index is 0.215. The van der Waals surface area contributed by atoms with Crippen molar-refractivity contribution >= 4 is 0 Å². The number of rotatable bonds is 2. The maximum atomic E-state index is 11.9. The summed E-state index contributed by atoms with van der Waals surface area (Å²) in [7, 11) is 0. The molecule has 1 nitrogen and oxygen atoms in total. The number of hydrogen-bond donors (Lipinski definition) is 0. The van der Waals surface area contributed by atoms with E-state index in [0.29, 0.717) is 0 Å². The van der Waals surface area contributed by atoms with E-state index in [9.17, 15) is 13.2 Å². The van der Waals surface area contributed by atoms with Gasteiger partial charge in [0, 0.05) is 5.56 Å². The average molecular weight is 199 g/mol. The molecule has 4 heteroatoms. The second-order valence-corrected chi connectivity index (χ2v) is 2.92. The Kier molecular flexibility index (Phi) is 3.13. The molecule has 0 spiro atoms. The normalized spacial score (nSPS) is 11.0. The molecule has 1 aromatic rings. The lowest BCUT2D eigenvalue weighted by atomic mass is 10.1. The highest BCUT2D eigenvalue weighted by atomic mass is 19.4. The fraction of sp³-hybridized carbons (Fsp3) is 0.300. The highest BCUT2D eigenvalue weighted by molar-refractivity contribution is 5.23. The number of alkyl halides is 3. The van der Waals surface area contributed by atoms with Gasteiger partial charge in [0.1, 0.15) is 0 Å². The van der Waals surface area contributed by atoms with Gasteiger partial charge in [-0.3, -0.25) is 0 Å². The second-order valence-electron chi connectivity index (χ2n) is 2.92. The fourth-order valence-electron chi connectivity index (χ4n) is 1.09. The van der Waals surface area contributed by atoms with Crippen LogP contribution in [-0.2, 0) is 13.0 Å². The summed E-state index contributed by atoms with van der Waals surface area (Å²) in [6.45, 7) is 6.80. The standard InChI is InChI=1S/C10H8F3N/c1-14-7-9-4-2-8(3-5-9)6-10(11,12)13/h2-5H,6-7H2. The van der Waals surface area contributed by atoms with Crippen LogP contribution >= 0.6 is 0 Å². The Morgan fingerprint density at radius 3 is 2.00 bits per heavy atom. The van der Waals surface area contributed by atoms with Gasteiger partial charge in [-0.1, -0.05) is 24.3 Å². The maximum absolute atomic E-state index is 11.9. The van der Waals surface area contributed by atoms with Crippen LogP contribution < -0.4 is 0 Å². The zero-order valence-corrected chi connectivity index (χ0v) is 7.30. The van der Waals surface area contributed by atoms with Gasteiger partial charge in [-0.15, -0.1) is 0 Å². The Labute approximate surface area is 80.0 Å². The van der Waals surface area contributed by atoms with E-state index in [-0.39, 0.29) is 12.1 Å². The molecule has 0 unspecified atom stereocenters. The van der Waals surface area contributed by atoms with Gasteiger partial charge < -0.3 is 4.85 Å². The summed E-state index contributed by atoms with van der Waals surface area (Å²) in [4.78, 5) is 3.14. The predicted octanol–water partition coefficient (Wildman–Crippen LogP) is 3.21. The molecule has 0 radical (unpaired) electrons. The minimum Gasteiger partial charge on any atom is -0.312 e. The van der Waals surface area contributed by atoms with Crippen LogP contribution in [0.5, 0.6) is 0 Å². The largest absolute Gasteiger partial charge is 0.393 e. The second kappa shape index (κ2) is 4.14. The smallest absolute Gasteiger partial charge is 0.312 e. The summed E-state index contributed by atoms with van der Waals surface area (Å²) in [6, 6.07) is 5.93. The van der Waals surface area contributed by atoms with Crippen LogP contribution in [-0.4, -0.2) is 6.18 Å².